The molecule has 1 rings (SSSR count). The maximum atomic E-state index is 12.4. The summed E-state index contributed by atoms with van der Waals surface area (Å²) in [6.07, 6.45) is 1.82. The minimum atomic E-state index is -0.993. The van der Waals surface area contributed by atoms with Crippen molar-refractivity contribution in [2.75, 3.05) is 19.6 Å². The highest BCUT2D eigenvalue weighted by molar-refractivity contribution is 5.83. The third-order valence-corrected chi connectivity index (χ3v) is 3.73. The standard InChI is InChI=1S/C14H27N3O3/c1-5-17(10-6-8-15-9-7-10)13(20)16-11(12(18)19)14(2,3)4/h10-11,15H,5-9H2,1-4H3,(H,16,20)(H,18,19)/t11-/m0/s1. The Labute approximate surface area is 120 Å². The lowest BCUT2D eigenvalue weighted by Crippen LogP contribution is -2.56. The minimum Gasteiger partial charge on any atom is -0.480 e. The van der Waals surface area contributed by atoms with Gasteiger partial charge in [0, 0.05) is 12.6 Å². The summed E-state index contributed by atoms with van der Waals surface area (Å²) in [7, 11) is 0. The van der Waals surface area contributed by atoms with Gasteiger partial charge in [0.1, 0.15) is 6.04 Å². The van der Waals surface area contributed by atoms with E-state index in [9.17, 15) is 14.7 Å². The lowest BCUT2D eigenvalue weighted by atomic mass is 9.87. The van der Waals surface area contributed by atoms with Gasteiger partial charge in [-0.1, -0.05) is 20.8 Å². The molecule has 6 nitrogen and oxygen atoms in total. The molecule has 1 atom stereocenters. The lowest BCUT2D eigenvalue weighted by Gasteiger charge is -2.36. The highest BCUT2D eigenvalue weighted by Crippen LogP contribution is 2.20. The van der Waals surface area contributed by atoms with Crippen LogP contribution in [-0.4, -0.2) is 53.7 Å². The van der Waals surface area contributed by atoms with Crippen molar-refractivity contribution >= 4 is 12.0 Å². The zero-order valence-corrected chi connectivity index (χ0v) is 12.9. The molecule has 1 aliphatic heterocycles. The molecule has 0 aromatic rings. The number of piperidine rings is 1. The highest BCUT2D eigenvalue weighted by Gasteiger charge is 2.34. The molecular weight excluding hydrogens is 258 g/mol. The molecule has 20 heavy (non-hydrogen) atoms. The molecule has 1 aliphatic rings. The van der Waals surface area contributed by atoms with Crippen LogP contribution in [0, 0.1) is 5.41 Å². The van der Waals surface area contributed by atoms with Gasteiger partial charge in [0.05, 0.1) is 0 Å². The van der Waals surface area contributed by atoms with Crippen molar-refractivity contribution in [1.29, 1.82) is 0 Å². The van der Waals surface area contributed by atoms with Crippen molar-refractivity contribution in [3.63, 3.8) is 0 Å². The van der Waals surface area contributed by atoms with Crippen LogP contribution in [-0.2, 0) is 4.79 Å². The minimum absolute atomic E-state index is 0.190. The van der Waals surface area contributed by atoms with Crippen LogP contribution in [0.1, 0.15) is 40.5 Å². The molecule has 1 heterocycles. The average Bonchev–Trinajstić information content (AvgIpc) is 2.36. The first-order valence-electron chi connectivity index (χ1n) is 7.28. The Balaban J connectivity index is 2.72. The number of carboxylic acids is 1. The predicted octanol–water partition coefficient (Wildman–Crippen LogP) is 1.27. The molecule has 6 heteroatoms. The van der Waals surface area contributed by atoms with Gasteiger partial charge in [-0.05, 0) is 38.3 Å². The van der Waals surface area contributed by atoms with Gasteiger partial charge in [-0.15, -0.1) is 0 Å². The maximum Gasteiger partial charge on any atom is 0.326 e. The third-order valence-electron chi connectivity index (χ3n) is 3.73. The normalized spacial score (nSPS) is 18.4. The molecule has 1 saturated heterocycles. The molecule has 3 N–H and O–H groups in total. The van der Waals surface area contributed by atoms with E-state index >= 15 is 0 Å². The Morgan fingerprint density at radius 1 is 1.35 bits per heavy atom. The van der Waals surface area contributed by atoms with E-state index < -0.39 is 17.4 Å². The van der Waals surface area contributed by atoms with Gasteiger partial charge in [-0.25, -0.2) is 9.59 Å². The van der Waals surface area contributed by atoms with E-state index in [0.717, 1.165) is 25.9 Å². The number of nitrogens with zero attached hydrogens (tertiary/aromatic N) is 1. The quantitative estimate of drug-likeness (QED) is 0.726. The molecule has 116 valence electrons. The first-order valence-corrected chi connectivity index (χ1v) is 7.28. The highest BCUT2D eigenvalue weighted by atomic mass is 16.4. The van der Waals surface area contributed by atoms with E-state index in [2.05, 4.69) is 10.6 Å². The van der Waals surface area contributed by atoms with Gasteiger partial charge < -0.3 is 20.6 Å². The van der Waals surface area contributed by atoms with Crippen molar-refractivity contribution in [2.45, 2.75) is 52.6 Å². The number of hydrogen-bond acceptors (Lipinski definition) is 3. The Morgan fingerprint density at radius 2 is 1.90 bits per heavy atom. The van der Waals surface area contributed by atoms with Crippen molar-refractivity contribution in [2.24, 2.45) is 5.41 Å². The number of carboxylic acid groups (broad SMARTS) is 1. The van der Waals surface area contributed by atoms with Crippen LogP contribution in [0.25, 0.3) is 0 Å². The van der Waals surface area contributed by atoms with Gasteiger partial charge in [-0.3, -0.25) is 0 Å². The molecule has 0 aliphatic carbocycles. The van der Waals surface area contributed by atoms with E-state index in [1.807, 2.05) is 27.7 Å². The summed E-state index contributed by atoms with van der Waals surface area (Å²) in [5.74, 6) is -0.993. The third kappa shape index (κ3) is 4.37. The predicted molar refractivity (Wildman–Crippen MR) is 77.7 cm³/mol. The van der Waals surface area contributed by atoms with Crippen molar-refractivity contribution in [3.8, 4) is 0 Å². The average molecular weight is 285 g/mol. The van der Waals surface area contributed by atoms with Crippen molar-refractivity contribution in [1.82, 2.24) is 15.5 Å². The fourth-order valence-corrected chi connectivity index (χ4v) is 2.54. The fourth-order valence-electron chi connectivity index (χ4n) is 2.54. The summed E-state index contributed by atoms with van der Waals surface area (Å²) < 4.78 is 0. The van der Waals surface area contributed by atoms with Crippen molar-refractivity contribution < 1.29 is 14.7 Å². The summed E-state index contributed by atoms with van der Waals surface area (Å²) in [4.78, 5) is 25.4. The largest absolute Gasteiger partial charge is 0.480 e. The molecule has 0 saturated carbocycles. The zero-order chi connectivity index (χ0) is 15.3. The maximum absolute atomic E-state index is 12.4. The fraction of sp³-hybridized carbons (Fsp3) is 0.857. The van der Waals surface area contributed by atoms with Gasteiger partial charge in [0.15, 0.2) is 0 Å². The van der Waals surface area contributed by atoms with Gasteiger partial charge >= 0.3 is 12.0 Å². The van der Waals surface area contributed by atoms with Crippen LogP contribution >= 0.6 is 0 Å². The molecule has 1 fully saturated rings. The number of carbonyl (C=O) groups excluding carboxylic acids is 1. The zero-order valence-electron chi connectivity index (χ0n) is 12.9. The second-order valence-corrected chi connectivity index (χ2v) is 6.35. The van der Waals surface area contributed by atoms with Crippen molar-refractivity contribution in [3.05, 3.63) is 0 Å². The van der Waals surface area contributed by atoms with Gasteiger partial charge in [-0.2, -0.15) is 0 Å². The first kappa shape index (κ1) is 16.8. The number of amides is 2. The molecule has 0 unspecified atom stereocenters. The summed E-state index contributed by atoms with van der Waals surface area (Å²) in [6, 6.07) is -0.969. The Hall–Kier alpha value is -1.30. The Kier molecular flexibility index (Phi) is 5.80. The van der Waals surface area contributed by atoms with Crippen LogP contribution in [0.4, 0.5) is 4.79 Å². The monoisotopic (exact) mass is 285 g/mol. The number of nitrogens with one attached hydrogen (secondary N) is 2. The van der Waals surface area contributed by atoms with Gasteiger partial charge in [0.2, 0.25) is 0 Å². The molecular formula is C14H27N3O3. The Bertz CT molecular complexity index is 346. The summed E-state index contributed by atoms with van der Waals surface area (Å²) in [6.45, 7) is 9.75. The second-order valence-electron chi connectivity index (χ2n) is 6.35. The van der Waals surface area contributed by atoms with E-state index in [1.165, 1.54) is 0 Å². The summed E-state index contributed by atoms with van der Waals surface area (Å²) in [5, 5.41) is 15.2. The van der Waals surface area contributed by atoms with Crippen LogP contribution < -0.4 is 10.6 Å². The van der Waals surface area contributed by atoms with Crippen LogP contribution in [0.5, 0.6) is 0 Å². The summed E-state index contributed by atoms with van der Waals surface area (Å²) >= 11 is 0. The smallest absolute Gasteiger partial charge is 0.326 e. The van der Waals surface area contributed by atoms with E-state index in [-0.39, 0.29) is 12.1 Å². The molecule has 0 aromatic heterocycles. The summed E-state index contributed by atoms with van der Waals surface area (Å²) in [5.41, 5.74) is -0.519. The van der Waals surface area contributed by atoms with Crippen LogP contribution in [0.2, 0.25) is 0 Å². The number of urea groups is 1. The number of carbonyl (C=O) groups is 2. The SMILES string of the molecule is CCN(C(=O)N[C@@H](C(=O)O)C(C)(C)C)C1CCNCC1. The number of rotatable bonds is 4. The number of aliphatic carboxylic acids is 1. The Morgan fingerprint density at radius 3 is 2.30 bits per heavy atom. The van der Waals surface area contributed by atoms with Gasteiger partial charge in [0.25, 0.3) is 0 Å². The molecule has 0 radical (unpaired) electrons. The lowest BCUT2D eigenvalue weighted by molar-refractivity contribution is -0.142. The molecule has 0 aromatic carbocycles. The molecule has 0 bridgehead atoms. The number of hydrogen-bond donors (Lipinski definition) is 3. The van der Waals surface area contributed by atoms with Crippen LogP contribution in [0.15, 0.2) is 0 Å². The first-order chi connectivity index (χ1) is 9.27. The second kappa shape index (κ2) is 6.92. The van der Waals surface area contributed by atoms with E-state index in [1.54, 1.807) is 4.90 Å². The van der Waals surface area contributed by atoms with Crippen LogP contribution in [0.3, 0.4) is 0 Å². The van der Waals surface area contributed by atoms with E-state index in [0.29, 0.717) is 6.54 Å². The molecule has 0 spiro atoms. The topological polar surface area (TPSA) is 81.7 Å². The molecule has 2 amide bonds. The van der Waals surface area contributed by atoms with E-state index in [4.69, 9.17) is 0 Å².